The zero-order chi connectivity index (χ0) is 9.52. The molecule has 13 heavy (non-hydrogen) atoms. The van der Waals surface area contributed by atoms with Gasteiger partial charge in [0.15, 0.2) is 0 Å². The van der Waals surface area contributed by atoms with Crippen LogP contribution in [0.4, 0.5) is 4.79 Å². The molecular weight excluding hydrogens is 283 g/mol. The molecule has 1 aliphatic rings. The fraction of sp³-hybridized carbons (Fsp3) is 0.875. The van der Waals surface area contributed by atoms with Crippen LogP contribution in [-0.4, -0.2) is 48.2 Å². The highest BCUT2D eigenvalue weighted by Crippen LogP contribution is 1.97. The van der Waals surface area contributed by atoms with E-state index in [2.05, 4.69) is 10.2 Å². The molecule has 1 amide bonds. The molecule has 1 rings (SSSR count). The van der Waals surface area contributed by atoms with E-state index < -0.39 is 0 Å². The molecule has 1 fully saturated rings. The molecule has 76 valence electrons. The number of hydrogen-bond donors (Lipinski definition) is 1. The summed E-state index contributed by atoms with van der Waals surface area (Å²) in [5.41, 5.74) is 0. The summed E-state index contributed by atoms with van der Waals surface area (Å²) in [5.74, 6) is 0. The number of halogens is 1. The molecule has 0 saturated carbocycles. The molecule has 0 unspecified atom stereocenters. The average Bonchev–Trinajstić information content (AvgIpc) is 2.14. The van der Waals surface area contributed by atoms with E-state index in [0.717, 1.165) is 45.8 Å². The van der Waals surface area contributed by atoms with Gasteiger partial charge >= 0.3 is 0 Å². The normalized spacial score (nSPS) is 18.5. The van der Waals surface area contributed by atoms with Gasteiger partial charge in [0.25, 0.3) is 3.91 Å². The number of nitrogens with zero attached hydrogens (tertiary/aromatic N) is 1. The van der Waals surface area contributed by atoms with Gasteiger partial charge in [-0.1, -0.05) is 0 Å². The van der Waals surface area contributed by atoms with Gasteiger partial charge < -0.3 is 10.1 Å². The SMILES string of the molecule is O=C(I)NCCCN1CCOCC1. The van der Waals surface area contributed by atoms with Crippen molar-refractivity contribution in [1.82, 2.24) is 10.2 Å². The first-order valence-electron chi connectivity index (χ1n) is 4.52. The van der Waals surface area contributed by atoms with E-state index in [0.29, 0.717) is 0 Å². The van der Waals surface area contributed by atoms with E-state index in [1.165, 1.54) is 0 Å². The Hall–Kier alpha value is 0.120. The van der Waals surface area contributed by atoms with Crippen molar-refractivity contribution in [3.63, 3.8) is 0 Å². The van der Waals surface area contributed by atoms with Gasteiger partial charge in [-0.05, 0) is 13.0 Å². The molecular formula is C8H15IN2O2. The highest BCUT2D eigenvalue weighted by molar-refractivity contribution is 14.1. The molecule has 0 aromatic heterocycles. The largest absolute Gasteiger partial charge is 0.379 e. The van der Waals surface area contributed by atoms with Gasteiger partial charge in [-0.25, -0.2) is 0 Å². The number of nitrogens with one attached hydrogen (secondary N) is 1. The minimum Gasteiger partial charge on any atom is -0.379 e. The summed E-state index contributed by atoms with van der Waals surface area (Å²) >= 11 is 1.75. The Bertz CT molecular complexity index is 160. The molecule has 4 nitrogen and oxygen atoms in total. The van der Waals surface area contributed by atoms with Crippen LogP contribution in [-0.2, 0) is 4.74 Å². The van der Waals surface area contributed by atoms with Gasteiger partial charge in [0.1, 0.15) is 0 Å². The number of amides is 1. The Kier molecular flexibility index (Phi) is 5.65. The number of hydrogen-bond acceptors (Lipinski definition) is 3. The molecule has 0 spiro atoms. The molecule has 5 heteroatoms. The third kappa shape index (κ3) is 5.43. The van der Waals surface area contributed by atoms with Gasteiger partial charge in [-0.15, -0.1) is 0 Å². The summed E-state index contributed by atoms with van der Waals surface area (Å²) in [6.45, 7) is 5.58. The maximum atomic E-state index is 10.5. The Morgan fingerprint density at radius 3 is 2.77 bits per heavy atom. The lowest BCUT2D eigenvalue weighted by Gasteiger charge is -2.26. The fourth-order valence-electron chi connectivity index (χ4n) is 1.31. The van der Waals surface area contributed by atoms with Crippen LogP contribution in [0.3, 0.4) is 0 Å². The molecule has 1 aliphatic heterocycles. The van der Waals surface area contributed by atoms with Crippen LogP contribution in [0.1, 0.15) is 6.42 Å². The minimum atomic E-state index is 0.0274. The first-order valence-corrected chi connectivity index (χ1v) is 5.60. The lowest BCUT2D eigenvalue weighted by Crippen LogP contribution is -2.37. The first-order chi connectivity index (χ1) is 6.29. The fourth-order valence-corrected chi connectivity index (χ4v) is 1.58. The van der Waals surface area contributed by atoms with Crippen LogP contribution in [0.5, 0.6) is 0 Å². The van der Waals surface area contributed by atoms with Crippen molar-refractivity contribution in [3.8, 4) is 0 Å². The first kappa shape index (κ1) is 11.2. The van der Waals surface area contributed by atoms with E-state index in [-0.39, 0.29) is 3.91 Å². The van der Waals surface area contributed by atoms with Crippen LogP contribution >= 0.6 is 22.6 Å². The quantitative estimate of drug-likeness (QED) is 0.362. The second-order valence-corrected chi connectivity index (χ2v) is 3.99. The average molecular weight is 298 g/mol. The third-order valence-electron chi connectivity index (χ3n) is 2.02. The van der Waals surface area contributed by atoms with Gasteiger partial charge in [-0.3, -0.25) is 9.69 Å². The summed E-state index contributed by atoms with van der Waals surface area (Å²) in [7, 11) is 0. The predicted molar refractivity (Wildman–Crippen MR) is 59.3 cm³/mol. The highest BCUT2D eigenvalue weighted by atomic mass is 127. The minimum absolute atomic E-state index is 0.0274. The van der Waals surface area contributed by atoms with Crippen LogP contribution in [0.15, 0.2) is 0 Å². The van der Waals surface area contributed by atoms with Crippen molar-refractivity contribution in [2.45, 2.75) is 6.42 Å². The molecule has 0 atom stereocenters. The van der Waals surface area contributed by atoms with E-state index >= 15 is 0 Å². The number of carbonyl (C=O) groups is 1. The molecule has 0 aromatic carbocycles. The maximum absolute atomic E-state index is 10.5. The van der Waals surface area contributed by atoms with E-state index in [1.54, 1.807) is 22.6 Å². The standard InChI is InChI=1S/C8H15IN2O2/c9-8(12)10-2-1-3-11-4-6-13-7-5-11/h1-7H2,(H,10,12). The lowest BCUT2D eigenvalue weighted by molar-refractivity contribution is 0.0375. The maximum Gasteiger partial charge on any atom is 0.280 e. The Balaban J connectivity index is 1.95. The zero-order valence-electron chi connectivity index (χ0n) is 7.59. The molecule has 0 bridgehead atoms. The molecule has 1 N–H and O–H groups in total. The van der Waals surface area contributed by atoms with Crippen molar-refractivity contribution in [2.24, 2.45) is 0 Å². The van der Waals surface area contributed by atoms with Crippen LogP contribution in [0.25, 0.3) is 0 Å². The van der Waals surface area contributed by atoms with Crippen molar-refractivity contribution in [3.05, 3.63) is 0 Å². The van der Waals surface area contributed by atoms with Gasteiger partial charge in [0.2, 0.25) is 0 Å². The molecule has 1 saturated heterocycles. The topological polar surface area (TPSA) is 41.6 Å². The molecule has 0 radical (unpaired) electrons. The third-order valence-corrected chi connectivity index (χ3v) is 2.40. The van der Waals surface area contributed by atoms with E-state index in [1.807, 2.05) is 0 Å². The van der Waals surface area contributed by atoms with Crippen molar-refractivity contribution >= 4 is 26.5 Å². The summed E-state index contributed by atoms with van der Waals surface area (Å²) in [6, 6.07) is 0. The van der Waals surface area contributed by atoms with Crippen LogP contribution < -0.4 is 5.32 Å². The van der Waals surface area contributed by atoms with E-state index in [4.69, 9.17) is 4.74 Å². The van der Waals surface area contributed by atoms with Gasteiger partial charge in [0, 0.05) is 42.2 Å². The van der Waals surface area contributed by atoms with Crippen molar-refractivity contribution < 1.29 is 9.53 Å². The van der Waals surface area contributed by atoms with Crippen molar-refractivity contribution in [1.29, 1.82) is 0 Å². The van der Waals surface area contributed by atoms with Gasteiger partial charge in [-0.2, -0.15) is 0 Å². The smallest absolute Gasteiger partial charge is 0.280 e. The number of carbonyl (C=O) groups excluding carboxylic acids is 1. The summed E-state index contributed by atoms with van der Waals surface area (Å²) in [6.07, 6.45) is 1.02. The zero-order valence-corrected chi connectivity index (χ0v) is 9.75. The second-order valence-electron chi connectivity index (χ2n) is 3.01. The van der Waals surface area contributed by atoms with Crippen molar-refractivity contribution in [2.75, 3.05) is 39.4 Å². The lowest BCUT2D eigenvalue weighted by atomic mass is 10.3. The summed E-state index contributed by atoms with van der Waals surface area (Å²) in [4.78, 5) is 12.9. The highest BCUT2D eigenvalue weighted by Gasteiger charge is 2.08. The Morgan fingerprint density at radius 1 is 1.46 bits per heavy atom. The Labute approximate surface area is 92.1 Å². The number of rotatable bonds is 4. The molecule has 0 aliphatic carbocycles. The monoisotopic (exact) mass is 298 g/mol. The predicted octanol–water partition coefficient (Wildman–Crippen LogP) is 0.853. The number of ether oxygens (including phenoxy) is 1. The molecule has 0 aromatic rings. The van der Waals surface area contributed by atoms with E-state index in [9.17, 15) is 4.79 Å². The van der Waals surface area contributed by atoms with Crippen LogP contribution in [0, 0.1) is 0 Å². The second kappa shape index (κ2) is 6.56. The van der Waals surface area contributed by atoms with Crippen LogP contribution in [0.2, 0.25) is 0 Å². The number of morpholine rings is 1. The Morgan fingerprint density at radius 2 is 2.15 bits per heavy atom. The summed E-state index contributed by atoms with van der Waals surface area (Å²) in [5, 5.41) is 2.77. The summed E-state index contributed by atoms with van der Waals surface area (Å²) < 4.78 is 5.26. The van der Waals surface area contributed by atoms with Gasteiger partial charge in [0.05, 0.1) is 13.2 Å². The molecule has 1 heterocycles.